The molecule has 0 aliphatic carbocycles. The highest BCUT2D eigenvalue weighted by molar-refractivity contribution is 5.83. The van der Waals surface area contributed by atoms with Crippen molar-refractivity contribution in [3.8, 4) is 5.75 Å². The molecule has 0 aromatic heterocycles. The third kappa shape index (κ3) is 3.81. The first-order valence-electron chi connectivity index (χ1n) is 10.0. The summed E-state index contributed by atoms with van der Waals surface area (Å²) in [4.78, 5) is 29.1. The summed E-state index contributed by atoms with van der Waals surface area (Å²) in [6, 6.07) is 7.98. The molecule has 2 amide bonds. The largest absolute Gasteiger partial charge is 0.497 e. The molecule has 0 saturated carbocycles. The van der Waals surface area contributed by atoms with E-state index in [0.717, 1.165) is 69.7 Å². The first kappa shape index (κ1) is 18.3. The number of hydrogen-bond donors (Lipinski definition) is 1. The van der Waals surface area contributed by atoms with Gasteiger partial charge in [0.05, 0.1) is 13.2 Å². The maximum atomic E-state index is 12.6. The number of rotatable bonds is 4. The number of carbonyl (C=O) groups excluding carboxylic acids is 2. The lowest BCUT2D eigenvalue weighted by Gasteiger charge is -2.39. The van der Waals surface area contributed by atoms with Crippen LogP contribution in [0.5, 0.6) is 5.75 Å². The molecule has 6 nitrogen and oxygen atoms in total. The maximum Gasteiger partial charge on any atom is 0.237 e. The second kappa shape index (κ2) is 7.50. The van der Waals surface area contributed by atoms with E-state index in [1.54, 1.807) is 7.11 Å². The van der Waals surface area contributed by atoms with Crippen LogP contribution in [0.3, 0.4) is 0 Å². The zero-order chi connectivity index (χ0) is 18.9. The first-order valence-corrected chi connectivity index (χ1v) is 10.0. The number of nitrogens with one attached hydrogen (secondary N) is 1. The van der Waals surface area contributed by atoms with Crippen molar-refractivity contribution in [3.05, 3.63) is 29.8 Å². The summed E-state index contributed by atoms with van der Waals surface area (Å²) in [5.41, 5.74) is 1.38. The van der Waals surface area contributed by atoms with Crippen LogP contribution in [-0.4, -0.2) is 67.5 Å². The van der Waals surface area contributed by atoms with Crippen LogP contribution >= 0.6 is 0 Å². The van der Waals surface area contributed by atoms with Gasteiger partial charge in [-0.15, -0.1) is 0 Å². The van der Waals surface area contributed by atoms with Crippen molar-refractivity contribution < 1.29 is 14.3 Å². The second-order valence-corrected chi connectivity index (χ2v) is 8.21. The van der Waals surface area contributed by atoms with Gasteiger partial charge in [-0.2, -0.15) is 0 Å². The minimum atomic E-state index is 0.0519. The van der Waals surface area contributed by atoms with Crippen molar-refractivity contribution in [2.24, 2.45) is 5.41 Å². The molecule has 1 atom stereocenters. The summed E-state index contributed by atoms with van der Waals surface area (Å²) in [5, 5.41) is 2.99. The number of methoxy groups -OCH3 is 1. The van der Waals surface area contributed by atoms with Crippen LogP contribution in [-0.2, 0) is 16.0 Å². The Morgan fingerprint density at radius 1 is 1.22 bits per heavy atom. The predicted molar refractivity (Wildman–Crippen MR) is 103 cm³/mol. The summed E-state index contributed by atoms with van der Waals surface area (Å²) in [6.07, 6.45) is 4.30. The first-order chi connectivity index (χ1) is 13.1. The number of piperidine rings is 1. The molecule has 0 radical (unpaired) electrons. The van der Waals surface area contributed by atoms with Crippen LogP contribution in [0.15, 0.2) is 24.3 Å². The monoisotopic (exact) mass is 371 g/mol. The Morgan fingerprint density at radius 2 is 1.96 bits per heavy atom. The number of amides is 2. The summed E-state index contributed by atoms with van der Waals surface area (Å²) >= 11 is 0. The van der Waals surface area contributed by atoms with Gasteiger partial charge in [-0.1, -0.05) is 12.1 Å². The maximum absolute atomic E-state index is 12.6. The highest BCUT2D eigenvalue weighted by Crippen LogP contribution is 2.43. The Morgan fingerprint density at radius 3 is 2.63 bits per heavy atom. The van der Waals surface area contributed by atoms with E-state index in [4.69, 9.17) is 4.74 Å². The van der Waals surface area contributed by atoms with Gasteiger partial charge in [0.15, 0.2) is 0 Å². The van der Waals surface area contributed by atoms with Crippen LogP contribution in [0.4, 0.5) is 0 Å². The fourth-order valence-corrected chi connectivity index (χ4v) is 4.87. The van der Waals surface area contributed by atoms with Crippen molar-refractivity contribution in [2.75, 3.05) is 39.8 Å². The van der Waals surface area contributed by atoms with Gasteiger partial charge in [0.25, 0.3) is 0 Å². The van der Waals surface area contributed by atoms with Crippen LogP contribution in [0.1, 0.15) is 31.2 Å². The van der Waals surface area contributed by atoms with Crippen molar-refractivity contribution in [1.82, 2.24) is 15.1 Å². The van der Waals surface area contributed by atoms with Crippen molar-refractivity contribution in [1.29, 1.82) is 0 Å². The number of aryl methyl sites for hydroxylation is 1. The highest BCUT2D eigenvalue weighted by Gasteiger charge is 2.49. The lowest BCUT2D eigenvalue weighted by atomic mass is 9.76. The van der Waals surface area contributed by atoms with Crippen LogP contribution < -0.4 is 10.1 Å². The van der Waals surface area contributed by atoms with Gasteiger partial charge < -0.3 is 15.0 Å². The van der Waals surface area contributed by atoms with Gasteiger partial charge in [-0.05, 0) is 48.8 Å². The van der Waals surface area contributed by atoms with E-state index >= 15 is 0 Å². The van der Waals surface area contributed by atoms with Crippen LogP contribution in [0, 0.1) is 5.41 Å². The Kier molecular flexibility index (Phi) is 5.08. The summed E-state index contributed by atoms with van der Waals surface area (Å²) in [7, 11) is 1.66. The number of likely N-dealkylation sites (tertiary alicyclic amines) is 1. The third-order valence-corrected chi connectivity index (χ3v) is 6.57. The van der Waals surface area contributed by atoms with E-state index in [9.17, 15) is 9.59 Å². The zero-order valence-corrected chi connectivity index (χ0v) is 16.1. The highest BCUT2D eigenvalue weighted by atomic mass is 16.5. The molecular weight excluding hydrogens is 342 g/mol. The van der Waals surface area contributed by atoms with Gasteiger partial charge >= 0.3 is 0 Å². The fraction of sp³-hybridized carbons (Fsp3) is 0.619. The molecule has 0 bridgehead atoms. The molecule has 146 valence electrons. The van der Waals surface area contributed by atoms with Gasteiger partial charge in [-0.25, -0.2) is 0 Å². The molecule has 6 heteroatoms. The molecule has 3 aliphatic heterocycles. The SMILES string of the molecule is COc1ccc(CCC(=O)N2CCC3(CC2)CC2C(=O)NCCN2C3)cc1. The standard InChI is InChI=1S/C21H29N3O3/c1-27-17-5-2-16(3-6-17)4-7-19(25)23-11-8-21(9-12-23)14-18-20(26)22-10-13-24(18)15-21/h2-3,5-6,18H,4,7-15H2,1H3,(H,22,26). The molecule has 1 unspecified atom stereocenters. The van der Waals surface area contributed by atoms with E-state index in [1.165, 1.54) is 0 Å². The Labute approximate surface area is 160 Å². The minimum Gasteiger partial charge on any atom is -0.497 e. The molecule has 1 spiro atoms. The van der Waals surface area contributed by atoms with Gasteiger partial charge in [0, 0.05) is 39.1 Å². The molecule has 3 heterocycles. The zero-order valence-electron chi connectivity index (χ0n) is 16.1. The topological polar surface area (TPSA) is 61.9 Å². The van der Waals surface area contributed by atoms with Crippen LogP contribution in [0.25, 0.3) is 0 Å². The second-order valence-electron chi connectivity index (χ2n) is 8.21. The minimum absolute atomic E-state index is 0.0519. The average molecular weight is 371 g/mol. The van der Waals surface area contributed by atoms with Crippen molar-refractivity contribution in [2.45, 2.75) is 38.1 Å². The summed E-state index contributed by atoms with van der Waals surface area (Å²) < 4.78 is 5.17. The number of benzene rings is 1. The lowest BCUT2D eigenvalue weighted by Crippen LogP contribution is -2.52. The van der Waals surface area contributed by atoms with Crippen molar-refractivity contribution in [3.63, 3.8) is 0 Å². The number of fused-ring (bicyclic) bond motifs is 1. The molecule has 1 aromatic carbocycles. The molecule has 3 aliphatic rings. The predicted octanol–water partition coefficient (Wildman–Crippen LogP) is 1.44. The average Bonchev–Trinajstić information content (AvgIpc) is 3.06. The molecule has 1 aromatic rings. The Bertz CT molecular complexity index is 695. The molecule has 27 heavy (non-hydrogen) atoms. The van der Waals surface area contributed by atoms with E-state index in [-0.39, 0.29) is 23.3 Å². The fourth-order valence-electron chi connectivity index (χ4n) is 4.87. The van der Waals surface area contributed by atoms with Gasteiger partial charge in [-0.3, -0.25) is 14.5 Å². The molecule has 1 N–H and O–H groups in total. The van der Waals surface area contributed by atoms with E-state index in [2.05, 4.69) is 10.2 Å². The Hall–Kier alpha value is -2.08. The number of hydrogen-bond acceptors (Lipinski definition) is 4. The van der Waals surface area contributed by atoms with E-state index in [0.29, 0.717) is 6.42 Å². The van der Waals surface area contributed by atoms with Gasteiger partial charge in [0.1, 0.15) is 5.75 Å². The Balaban J connectivity index is 1.27. The third-order valence-electron chi connectivity index (χ3n) is 6.57. The van der Waals surface area contributed by atoms with E-state index < -0.39 is 0 Å². The number of carbonyl (C=O) groups is 2. The quantitative estimate of drug-likeness (QED) is 0.870. The van der Waals surface area contributed by atoms with Crippen molar-refractivity contribution >= 4 is 11.8 Å². The molecule has 3 fully saturated rings. The lowest BCUT2D eigenvalue weighted by molar-refractivity contribution is -0.133. The molecular formula is C21H29N3O3. The number of nitrogens with zero attached hydrogens (tertiary/aromatic N) is 2. The number of piperazine rings is 1. The summed E-state index contributed by atoms with van der Waals surface area (Å²) in [6.45, 7) is 4.39. The summed E-state index contributed by atoms with van der Waals surface area (Å²) in [5.74, 6) is 1.28. The number of ether oxygens (including phenoxy) is 1. The van der Waals surface area contributed by atoms with E-state index in [1.807, 2.05) is 29.2 Å². The van der Waals surface area contributed by atoms with Crippen LogP contribution in [0.2, 0.25) is 0 Å². The van der Waals surface area contributed by atoms with Gasteiger partial charge in [0.2, 0.25) is 11.8 Å². The normalized spacial score (nSPS) is 24.6. The molecule has 4 rings (SSSR count). The molecule has 3 saturated heterocycles. The smallest absolute Gasteiger partial charge is 0.237 e.